The summed E-state index contributed by atoms with van der Waals surface area (Å²) in [5.74, 6) is 0.175. The van der Waals surface area contributed by atoms with E-state index in [9.17, 15) is 4.39 Å². The predicted octanol–water partition coefficient (Wildman–Crippen LogP) is 4.09. The molecule has 5 heteroatoms. The number of nitrogens with zero attached hydrogens (tertiary/aromatic N) is 2. The minimum atomic E-state index is -0.250. The van der Waals surface area contributed by atoms with E-state index in [2.05, 4.69) is 5.10 Å². The van der Waals surface area contributed by atoms with Gasteiger partial charge in [0.25, 0.3) is 0 Å². The Bertz CT molecular complexity index is 581. The van der Waals surface area contributed by atoms with E-state index in [4.69, 9.17) is 23.2 Å². The Morgan fingerprint density at radius 3 is 2.68 bits per heavy atom. The lowest BCUT2D eigenvalue weighted by Crippen LogP contribution is -2.09. The molecule has 0 amide bonds. The molecule has 0 saturated carbocycles. The molecule has 0 radical (unpaired) electrons. The Morgan fingerprint density at radius 2 is 2.16 bits per heavy atom. The normalized spacial score (nSPS) is 12.7. The van der Waals surface area contributed by atoms with Gasteiger partial charge < -0.3 is 0 Å². The second-order valence-corrected chi connectivity index (χ2v) is 5.27. The van der Waals surface area contributed by atoms with Crippen molar-refractivity contribution in [1.82, 2.24) is 9.78 Å². The summed E-state index contributed by atoms with van der Waals surface area (Å²) >= 11 is 12.3. The van der Waals surface area contributed by atoms with Crippen molar-refractivity contribution in [3.05, 3.63) is 52.1 Å². The minimum absolute atomic E-state index is 0.0182. The zero-order valence-corrected chi connectivity index (χ0v) is 12.3. The second-order valence-electron chi connectivity index (χ2n) is 4.58. The molecule has 0 spiro atoms. The lowest BCUT2D eigenvalue weighted by molar-refractivity contribution is 0.616. The second kappa shape index (κ2) is 5.93. The van der Waals surface area contributed by atoms with Gasteiger partial charge in [0, 0.05) is 18.8 Å². The molecule has 0 N–H and O–H groups in total. The van der Waals surface area contributed by atoms with Crippen LogP contribution >= 0.6 is 23.2 Å². The number of hydrogen-bond donors (Lipinski definition) is 0. The van der Waals surface area contributed by atoms with E-state index >= 15 is 0 Å². The van der Waals surface area contributed by atoms with Crippen LogP contribution in [0.15, 0.2) is 24.3 Å². The minimum Gasteiger partial charge on any atom is -0.271 e. The lowest BCUT2D eigenvalue weighted by Gasteiger charge is -2.15. The average molecular weight is 301 g/mol. The Kier molecular flexibility index (Phi) is 4.48. The third-order valence-corrected chi connectivity index (χ3v) is 4.07. The zero-order chi connectivity index (χ0) is 14.0. The molecule has 1 unspecified atom stereocenters. The molecular weight excluding hydrogens is 286 g/mol. The summed E-state index contributed by atoms with van der Waals surface area (Å²) < 4.78 is 15.0. The fourth-order valence-electron chi connectivity index (χ4n) is 2.16. The highest BCUT2D eigenvalue weighted by atomic mass is 35.5. The molecule has 0 fully saturated rings. The third-order valence-electron chi connectivity index (χ3n) is 3.21. The topological polar surface area (TPSA) is 17.8 Å². The van der Waals surface area contributed by atoms with Crippen LogP contribution in [0.5, 0.6) is 0 Å². The van der Waals surface area contributed by atoms with Gasteiger partial charge in [0.05, 0.1) is 16.4 Å². The van der Waals surface area contributed by atoms with Crippen molar-refractivity contribution in [2.24, 2.45) is 7.05 Å². The third kappa shape index (κ3) is 3.10. The monoisotopic (exact) mass is 300 g/mol. The SMILES string of the molecule is Cc1nn(C)c(CC(CCl)c2cccc(F)c2)c1Cl. The van der Waals surface area contributed by atoms with Crippen LogP contribution in [0.1, 0.15) is 22.9 Å². The van der Waals surface area contributed by atoms with Gasteiger partial charge in [0.15, 0.2) is 0 Å². The molecule has 0 aliphatic heterocycles. The Labute approximate surface area is 122 Å². The maximum absolute atomic E-state index is 13.3. The number of benzene rings is 1. The smallest absolute Gasteiger partial charge is 0.123 e. The van der Waals surface area contributed by atoms with Crippen LogP contribution in [0.25, 0.3) is 0 Å². The number of rotatable bonds is 4. The molecule has 1 atom stereocenters. The van der Waals surface area contributed by atoms with Crippen LogP contribution in [0.2, 0.25) is 5.02 Å². The van der Waals surface area contributed by atoms with Crippen molar-refractivity contribution in [1.29, 1.82) is 0 Å². The highest BCUT2D eigenvalue weighted by Crippen LogP contribution is 2.28. The summed E-state index contributed by atoms with van der Waals surface area (Å²) in [7, 11) is 1.85. The molecule has 2 nitrogen and oxygen atoms in total. The first-order valence-electron chi connectivity index (χ1n) is 6.02. The van der Waals surface area contributed by atoms with Gasteiger partial charge in [0.2, 0.25) is 0 Å². The molecule has 0 aliphatic rings. The summed E-state index contributed by atoms with van der Waals surface area (Å²) in [4.78, 5) is 0. The van der Waals surface area contributed by atoms with E-state index < -0.39 is 0 Å². The Balaban J connectivity index is 2.29. The summed E-state index contributed by atoms with van der Waals surface area (Å²) in [6, 6.07) is 6.52. The molecule has 0 aliphatic carbocycles. The maximum atomic E-state index is 13.3. The molecule has 19 heavy (non-hydrogen) atoms. The predicted molar refractivity (Wildman–Crippen MR) is 76.5 cm³/mol. The largest absolute Gasteiger partial charge is 0.271 e. The maximum Gasteiger partial charge on any atom is 0.123 e. The van der Waals surface area contributed by atoms with Gasteiger partial charge in [-0.1, -0.05) is 23.7 Å². The van der Waals surface area contributed by atoms with Crippen molar-refractivity contribution >= 4 is 23.2 Å². The number of aryl methyl sites for hydroxylation is 2. The molecule has 2 rings (SSSR count). The van der Waals surface area contributed by atoms with Gasteiger partial charge in [-0.15, -0.1) is 11.6 Å². The first kappa shape index (κ1) is 14.4. The van der Waals surface area contributed by atoms with Crippen molar-refractivity contribution in [2.75, 3.05) is 5.88 Å². The van der Waals surface area contributed by atoms with Gasteiger partial charge in [0.1, 0.15) is 5.82 Å². The van der Waals surface area contributed by atoms with E-state index in [0.29, 0.717) is 17.3 Å². The van der Waals surface area contributed by atoms with Crippen LogP contribution in [0, 0.1) is 12.7 Å². The Hall–Kier alpha value is -1.06. The van der Waals surface area contributed by atoms with E-state index in [1.807, 2.05) is 20.0 Å². The van der Waals surface area contributed by atoms with Crippen LogP contribution in [0.4, 0.5) is 4.39 Å². The van der Waals surface area contributed by atoms with Gasteiger partial charge in [-0.2, -0.15) is 5.10 Å². The van der Waals surface area contributed by atoms with Gasteiger partial charge >= 0.3 is 0 Å². The molecule has 1 aromatic heterocycles. The fraction of sp³-hybridized carbons (Fsp3) is 0.357. The molecule has 102 valence electrons. The average Bonchev–Trinajstić information content (AvgIpc) is 2.61. The van der Waals surface area contributed by atoms with Gasteiger partial charge in [-0.05, 0) is 31.0 Å². The van der Waals surface area contributed by atoms with Crippen LogP contribution in [-0.4, -0.2) is 15.7 Å². The highest BCUT2D eigenvalue weighted by molar-refractivity contribution is 6.31. The number of halogens is 3. The molecular formula is C14H15Cl2FN2. The number of alkyl halides is 1. The quantitative estimate of drug-likeness (QED) is 0.778. The highest BCUT2D eigenvalue weighted by Gasteiger charge is 2.18. The fourth-order valence-corrected chi connectivity index (χ4v) is 2.68. The first-order valence-corrected chi connectivity index (χ1v) is 6.93. The van der Waals surface area contributed by atoms with Crippen molar-refractivity contribution < 1.29 is 4.39 Å². The standard InChI is InChI=1S/C14H15Cl2FN2/c1-9-14(16)13(19(2)18-9)7-11(8-15)10-4-3-5-12(17)6-10/h3-6,11H,7-8H2,1-2H3. The van der Waals surface area contributed by atoms with Crippen molar-refractivity contribution in [3.8, 4) is 0 Å². The van der Waals surface area contributed by atoms with E-state index in [1.165, 1.54) is 12.1 Å². The van der Waals surface area contributed by atoms with Crippen molar-refractivity contribution in [3.63, 3.8) is 0 Å². The summed E-state index contributed by atoms with van der Waals surface area (Å²) in [5, 5.41) is 4.94. The summed E-state index contributed by atoms with van der Waals surface area (Å²) in [6.45, 7) is 1.86. The lowest BCUT2D eigenvalue weighted by atomic mass is 9.96. The van der Waals surface area contributed by atoms with E-state index in [-0.39, 0.29) is 11.7 Å². The zero-order valence-electron chi connectivity index (χ0n) is 10.8. The van der Waals surface area contributed by atoms with E-state index in [1.54, 1.807) is 10.7 Å². The van der Waals surface area contributed by atoms with E-state index in [0.717, 1.165) is 17.0 Å². The molecule has 0 bridgehead atoms. The summed E-state index contributed by atoms with van der Waals surface area (Å²) in [6.07, 6.45) is 0.642. The van der Waals surface area contributed by atoms with Crippen molar-refractivity contribution in [2.45, 2.75) is 19.3 Å². The molecule has 0 saturated heterocycles. The first-order chi connectivity index (χ1) is 9.02. The molecule has 2 aromatic rings. The van der Waals surface area contributed by atoms with Gasteiger partial charge in [-0.3, -0.25) is 4.68 Å². The van der Waals surface area contributed by atoms with Gasteiger partial charge in [-0.25, -0.2) is 4.39 Å². The van der Waals surface area contributed by atoms with Crippen LogP contribution in [-0.2, 0) is 13.5 Å². The van der Waals surface area contributed by atoms with Crippen LogP contribution in [0.3, 0.4) is 0 Å². The molecule has 1 heterocycles. The van der Waals surface area contributed by atoms with Crippen LogP contribution < -0.4 is 0 Å². The molecule has 1 aromatic carbocycles. The summed E-state index contributed by atoms with van der Waals surface area (Å²) in [5.41, 5.74) is 2.60. The number of aromatic nitrogens is 2. The number of hydrogen-bond acceptors (Lipinski definition) is 1. The Morgan fingerprint density at radius 1 is 1.42 bits per heavy atom.